The zero-order chi connectivity index (χ0) is 14.0. The molecule has 0 aliphatic carbocycles. The second-order valence-electron chi connectivity index (χ2n) is 3.81. The molecular formula is C11H12ClN3O2S2. The van der Waals surface area contributed by atoms with E-state index >= 15 is 0 Å². The highest BCUT2D eigenvalue weighted by molar-refractivity contribution is 7.93. The molecule has 19 heavy (non-hydrogen) atoms. The molecule has 0 atom stereocenters. The lowest BCUT2D eigenvalue weighted by Crippen LogP contribution is -2.16. The van der Waals surface area contributed by atoms with E-state index in [4.69, 9.17) is 17.3 Å². The van der Waals surface area contributed by atoms with Crippen LogP contribution >= 0.6 is 22.9 Å². The smallest absolute Gasteiger partial charge is 0.264 e. The number of hydrogen-bond donors (Lipinski definition) is 2. The predicted octanol–water partition coefficient (Wildman–Crippen LogP) is 2.36. The van der Waals surface area contributed by atoms with Gasteiger partial charge in [-0.1, -0.05) is 11.6 Å². The third kappa shape index (κ3) is 2.89. The van der Waals surface area contributed by atoms with Crippen molar-refractivity contribution in [3.8, 4) is 0 Å². The first-order chi connectivity index (χ1) is 8.95. The Bertz CT molecular complexity index is 698. The van der Waals surface area contributed by atoms with Gasteiger partial charge in [0.25, 0.3) is 10.0 Å². The van der Waals surface area contributed by atoms with Crippen LogP contribution in [-0.4, -0.2) is 13.4 Å². The Kier molecular flexibility index (Phi) is 4.10. The summed E-state index contributed by atoms with van der Waals surface area (Å²) in [6.07, 6.45) is 1.47. The fourth-order valence-corrected chi connectivity index (χ4v) is 4.59. The van der Waals surface area contributed by atoms with Crippen LogP contribution in [0.15, 0.2) is 28.6 Å². The van der Waals surface area contributed by atoms with Gasteiger partial charge in [0, 0.05) is 17.6 Å². The molecule has 8 heteroatoms. The number of nitrogens with zero attached hydrogens (tertiary/aromatic N) is 1. The second-order valence-corrected chi connectivity index (χ2v) is 6.81. The summed E-state index contributed by atoms with van der Waals surface area (Å²) in [4.78, 5) is 4.73. The van der Waals surface area contributed by atoms with Gasteiger partial charge in [-0.25, -0.2) is 13.4 Å². The Balaban J connectivity index is 2.44. The first-order valence-electron chi connectivity index (χ1n) is 5.36. The van der Waals surface area contributed by atoms with Gasteiger partial charge in [-0.3, -0.25) is 4.72 Å². The van der Waals surface area contributed by atoms with Crippen molar-refractivity contribution in [3.63, 3.8) is 0 Å². The van der Waals surface area contributed by atoms with Crippen LogP contribution in [-0.2, 0) is 16.6 Å². The standard InChI is InChI=1S/C11H12ClN3O2S2/c1-7-6-18-9(5-13)10(7)19(16,17)15-11-8(12)3-2-4-14-11/h2-4,6H,5,13H2,1H3,(H,14,15). The average Bonchev–Trinajstić information content (AvgIpc) is 2.74. The summed E-state index contributed by atoms with van der Waals surface area (Å²) < 4.78 is 27.1. The van der Waals surface area contributed by atoms with Crippen LogP contribution in [0.4, 0.5) is 5.82 Å². The minimum atomic E-state index is -3.73. The normalized spacial score (nSPS) is 11.5. The van der Waals surface area contributed by atoms with Crippen LogP contribution in [0.25, 0.3) is 0 Å². The van der Waals surface area contributed by atoms with Crippen molar-refractivity contribution < 1.29 is 8.42 Å². The van der Waals surface area contributed by atoms with E-state index in [2.05, 4.69) is 9.71 Å². The molecule has 5 nitrogen and oxygen atoms in total. The van der Waals surface area contributed by atoms with E-state index in [1.165, 1.54) is 17.5 Å². The Morgan fingerprint density at radius 2 is 2.26 bits per heavy atom. The van der Waals surface area contributed by atoms with Crippen molar-refractivity contribution >= 4 is 38.8 Å². The molecule has 0 aliphatic heterocycles. The van der Waals surface area contributed by atoms with E-state index in [1.807, 2.05) is 0 Å². The molecule has 2 rings (SSSR count). The average molecular weight is 318 g/mol. The first-order valence-corrected chi connectivity index (χ1v) is 8.10. The number of sulfonamides is 1. The summed E-state index contributed by atoms with van der Waals surface area (Å²) in [5, 5.41) is 2.00. The second kappa shape index (κ2) is 5.46. The van der Waals surface area contributed by atoms with Crippen molar-refractivity contribution in [2.45, 2.75) is 18.4 Å². The highest BCUT2D eigenvalue weighted by Crippen LogP contribution is 2.29. The van der Waals surface area contributed by atoms with Crippen molar-refractivity contribution in [1.29, 1.82) is 0 Å². The first kappa shape index (κ1) is 14.3. The molecule has 0 amide bonds. The quantitative estimate of drug-likeness (QED) is 0.906. The van der Waals surface area contributed by atoms with Crippen molar-refractivity contribution in [2.75, 3.05) is 4.72 Å². The van der Waals surface area contributed by atoms with Gasteiger partial charge in [-0.2, -0.15) is 0 Å². The molecule has 0 radical (unpaired) electrons. The Labute approximate surface area is 120 Å². The molecule has 0 aromatic carbocycles. The summed E-state index contributed by atoms with van der Waals surface area (Å²) in [6.45, 7) is 1.90. The minimum Gasteiger partial charge on any atom is -0.326 e. The van der Waals surface area contributed by atoms with E-state index in [1.54, 1.807) is 24.4 Å². The molecule has 0 spiro atoms. The van der Waals surface area contributed by atoms with Gasteiger partial charge in [-0.15, -0.1) is 11.3 Å². The number of aromatic nitrogens is 1. The zero-order valence-corrected chi connectivity index (χ0v) is 12.4. The molecule has 0 unspecified atom stereocenters. The summed E-state index contributed by atoms with van der Waals surface area (Å²) in [5.41, 5.74) is 6.22. The van der Waals surface area contributed by atoms with Crippen LogP contribution in [0.5, 0.6) is 0 Å². The van der Waals surface area contributed by atoms with Gasteiger partial charge < -0.3 is 5.73 Å². The molecule has 0 bridgehead atoms. The molecule has 0 saturated carbocycles. The number of thiophene rings is 1. The van der Waals surface area contributed by atoms with Gasteiger partial charge in [-0.05, 0) is 30.0 Å². The number of hydrogen-bond acceptors (Lipinski definition) is 5. The monoisotopic (exact) mass is 317 g/mol. The van der Waals surface area contributed by atoms with Gasteiger partial charge in [0.05, 0.1) is 5.02 Å². The number of pyridine rings is 1. The van der Waals surface area contributed by atoms with Crippen LogP contribution in [0.3, 0.4) is 0 Å². The molecule has 0 fully saturated rings. The molecule has 0 saturated heterocycles. The maximum Gasteiger partial charge on any atom is 0.264 e. The lowest BCUT2D eigenvalue weighted by Gasteiger charge is -2.09. The third-order valence-corrected chi connectivity index (χ3v) is 5.56. The minimum absolute atomic E-state index is 0.109. The highest BCUT2D eigenvalue weighted by Gasteiger charge is 2.23. The van der Waals surface area contributed by atoms with E-state index in [0.717, 1.165) is 0 Å². The van der Waals surface area contributed by atoms with E-state index < -0.39 is 10.0 Å². The van der Waals surface area contributed by atoms with Crippen LogP contribution in [0.2, 0.25) is 5.02 Å². The number of nitrogens with one attached hydrogen (secondary N) is 1. The maximum absolute atomic E-state index is 12.4. The van der Waals surface area contributed by atoms with Gasteiger partial charge >= 0.3 is 0 Å². The number of nitrogens with two attached hydrogens (primary N) is 1. The van der Waals surface area contributed by atoms with E-state index in [0.29, 0.717) is 10.4 Å². The molecule has 2 heterocycles. The Morgan fingerprint density at radius 1 is 1.53 bits per heavy atom. The van der Waals surface area contributed by atoms with Crippen LogP contribution in [0, 0.1) is 6.92 Å². The summed E-state index contributed by atoms with van der Waals surface area (Å²) in [5.74, 6) is 0.109. The van der Waals surface area contributed by atoms with E-state index in [9.17, 15) is 8.42 Å². The third-order valence-electron chi connectivity index (χ3n) is 2.43. The lowest BCUT2D eigenvalue weighted by atomic mass is 10.3. The summed E-state index contributed by atoms with van der Waals surface area (Å²) in [6, 6.07) is 3.19. The topological polar surface area (TPSA) is 85.1 Å². The Hall–Kier alpha value is -1.15. The molecule has 102 valence electrons. The largest absolute Gasteiger partial charge is 0.326 e. The fraction of sp³-hybridized carbons (Fsp3) is 0.182. The van der Waals surface area contributed by atoms with Crippen LogP contribution < -0.4 is 10.5 Å². The van der Waals surface area contributed by atoms with Crippen molar-refractivity contribution in [3.05, 3.63) is 39.2 Å². The number of anilines is 1. The molecule has 0 aliphatic rings. The number of rotatable bonds is 4. The van der Waals surface area contributed by atoms with Gasteiger partial charge in [0.15, 0.2) is 5.82 Å². The molecule has 2 aromatic rings. The zero-order valence-electron chi connectivity index (χ0n) is 10.1. The number of aryl methyl sites for hydroxylation is 1. The SMILES string of the molecule is Cc1csc(CN)c1S(=O)(=O)Nc1ncccc1Cl. The lowest BCUT2D eigenvalue weighted by molar-refractivity contribution is 0.600. The molecular weight excluding hydrogens is 306 g/mol. The fourth-order valence-electron chi connectivity index (χ4n) is 1.63. The van der Waals surface area contributed by atoms with Gasteiger partial charge in [0.2, 0.25) is 0 Å². The predicted molar refractivity (Wildman–Crippen MR) is 77.0 cm³/mol. The summed E-state index contributed by atoms with van der Waals surface area (Å²) in [7, 11) is -3.73. The molecule has 3 N–H and O–H groups in total. The van der Waals surface area contributed by atoms with Gasteiger partial charge in [0.1, 0.15) is 4.90 Å². The van der Waals surface area contributed by atoms with E-state index in [-0.39, 0.29) is 22.3 Å². The molecule has 2 aromatic heterocycles. The highest BCUT2D eigenvalue weighted by atomic mass is 35.5. The van der Waals surface area contributed by atoms with Crippen molar-refractivity contribution in [1.82, 2.24) is 4.98 Å². The number of halogens is 1. The van der Waals surface area contributed by atoms with Crippen molar-refractivity contribution in [2.24, 2.45) is 5.73 Å². The maximum atomic E-state index is 12.4. The Morgan fingerprint density at radius 3 is 2.89 bits per heavy atom. The van der Waals surface area contributed by atoms with Crippen LogP contribution in [0.1, 0.15) is 10.4 Å². The summed E-state index contributed by atoms with van der Waals surface area (Å²) >= 11 is 7.21.